The highest BCUT2D eigenvalue weighted by atomic mass is 16.6. The number of aryl methyl sites for hydroxylation is 1. The highest BCUT2D eigenvalue weighted by Crippen LogP contribution is 2.27. The third-order valence-corrected chi connectivity index (χ3v) is 3.95. The topological polar surface area (TPSA) is 81.5 Å². The van der Waals surface area contributed by atoms with Crippen LogP contribution in [0, 0.1) is 17.0 Å². The maximum atomic E-state index is 12.1. The van der Waals surface area contributed by atoms with Crippen LogP contribution >= 0.6 is 0 Å². The van der Waals surface area contributed by atoms with Gasteiger partial charge >= 0.3 is 5.69 Å². The Hall–Kier alpha value is -3.67. The van der Waals surface area contributed by atoms with Gasteiger partial charge in [-0.05, 0) is 41.8 Å². The second-order valence-corrected chi connectivity index (χ2v) is 6.01. The highest BCUT2D eigenvalue weighted by molar-refractivity contribution is 5.92. The lowest BCUT2D eigenvalue weighted by atomic mass is 10.1. The summed E-state index contributed by atoms with van der Waals surface area (Å²) in [7, 11) is 0. The number of amides is 1. The predicted molar refractivity (Wildman–Crippen MR) is 104 cm³/mol. The van der Waals surface area contributed by atoms with Crippen molar-refractivity contribution in [1.82, 2.24) is 0 Å². The molecule has 0 aliphatic rings. The van der Waals surface area contributed by atoms with E-state index in [-0.39, 0.29) is 18.0 Å². The van der Waals surface area contributed by atoms with Crippen LogP contribution in [0.1, 0.15) is 5.56 Å². The first-order chi connectivity index (χ1) is 13.0. The molecule has 27 heavy (non-hydrogen) atoms. The third kappa shape index (κ3) is 4.70. The van der Waals surface area contributed by atoms with Crippen molar-refractivity contribution in [2.24, 2.45) is 0 Å². The summed E-state index contributed by atoms with van der Waals surface area (Å²) >= 11 is 0. The zero-order valence-corrected chi connectivity index (χ0v) is 14.7. The van der Waals surface area contributed by atoms with E-state index in [9.17, 15) is 14.9 Å². The number of ether oxygens (including phenoxy) is 1. The first kappa shape index (κ1) is 18.1. The molecule has 0 saturated heterocycles. The Kier molecular flexibility index (Phi) is 5.47. The molecule has 0 fully saturated rings. The van der Waals surface area contributed by atoms with Crippen LogP contribution in [0.15, 0.2) is 72.8 Å². The minimum Gasteiger partial charge on any atom is -0.477 e. The molecule has 0 atom stereocenters. The standard InChI is InChI=1S/C21H18N2O4/c1-15-7-12-19(23(25)26)20(13-15)27-14-21(24)22-18-10-8-17(9-11-18)16-5-3-2-4-6-16/h2-13H,14H2,1H3,(H,22,24). The number of nitrogens with one attached hydrogen (secondary N) is 1. The number of benzene rings is 3. The van der Waals surface area contributed by atoms with Gasteiger partial charge in [0.15, 0.2) is 12.4 Å². The van der Waals surface area contributed by atoms with Gasteiger partial charge in [-0.2, -0.15) is 0 Å². The molecule has 0 aromatic heterocycles. The molecule has 0 spiro atoms. The fourth-order valence-corrected chi connectivity index (χ4v) is 2.60. The number of carbonyl (C=O) groups excluding carboxylic acids is 1. The molecule has 1 amide bonds. The Bertz CT molecular complexity index is 954. The number of hydrogen-bond donors (Lipinski definition) is 1. The van der Waals surface area contributed by atoms with Gasteiger partial charge in [0.05, 0.1) is 4.92 Å². The number of nitro benzene ring substituents is 1. The van der Waals surface area contributed by atoms with E-state index in [4.69, 9.17) is 4.74 Å². The second-order valence-electron chi connectivity index (χ2n) is 6.01. The first-order valence-corrected chi connectivity index (χ1v) is 8.36. The van der Waals surface area contributed by atoms with Gasteiger partial charge in [0.2, 0.25) is 0 Å². The Balaban J connectivity index is 1.62. The molecule has 6 heteroatoms. The lowest BCUT2D eigenvalue weighted by molar-refractivity contribution is -0.385. The van der Waals surface area contributed by atoms with Crippen LogP contribution in [0.3, 0.4) is 0 Å². The molecule has 0 aliphatic heterocycles. The van der Waals surface area contributed by atoms with E-state index in [1.807, 2.05) is 42.5 Å². The molecule has 0 saturated carbocycles. The average Bonchev–Trinajstić information content (AvgIpc) is 2.67. The van der Waals surface area contributed by atoms with E-state index in [0.717, 1.165) is 16.7 Å². The number of carbonyl (C=O) groups is 1. The quantitative estimate of drug-likeness (QED) is 0.514. The van der Waals surface area contributed by atoms with Crippen LogP contribution in [0.5, 0.6) is 5.75 Å². The van der Waals surface area contributed by atoms with Gasteiger partial charge in [-0.1, -0.05) is 48.5 Å². The van der Waals surface area contributed by atoms with Crippen molar-refractivity contribution in [2.45, 2.75) is 6.92 Å². The van der Waals surface area contributed by atoms with E-state index in [1.165, 1.54) is 6.07 Å². The minimum absolute atomic E-state index is 0.0783. The second kappa shape index (κ2) is 8.14. The van der Waals surface area contributed by atoms with Crippen molar-refractivity contribution in [3.63, 3.8) is 0 Å². The van der Waals surface area contributed by atoms with Gasteiger partial charge < -0.3 is 10.1 Å². The molecule has 0 bridgehead atoms. The van der Waals surface area contributed by atoms with E-state index < -0.39 is 10.8 Å². The Labute approximate surface area is 156 Å². The smallest absolute Gasteiger partial charge is 0.310 e. The number of rotatable bonds is 6. The average molecular weight is 362 g/mol. The van der Waals surface area contributed by atoms with Crippen LogP contribution < -0.4 is 10.1 Å². The molecule has 0 radical (unpaired) electrons. The fourth-order valence-electron chi connectivity index (χ4n) is 2.60. The SMILES string of the molecule is Cc1ccc([N+](=O)[O-])c(OCC(=O)Nc2ccc(-c3ccccc3)cc2)c1. The van der Waals surface area contributed by atoms with Crippen LogP contribution in [0.4, 0.5) is 11.4 Å². The summed E-state index contributed by atoms with van der Waals surface area (Å²) in [6.45, 7) is 1.48. The Morgan fingerprint density at radius 2 is 1.67 bits per heavy atom. The zero-order valence-electron chi connectivity index (χ0n) is 14.7. The summed E-state index contributed by atoms with van der Waals surface area (Å²) < 4.78 is 5.35. The molecule has 3 aromatic carbocycles. The molecular weight excluding hydrogens is 344 g/mol. The molecule has 136 valence electrons. The van der Waals surface area contributed by atoms with Gasteiger partial charge in [0, 0.05) is 11.8 Å². The van der Waals surface area contributed by atoms with E-state index in [0.29, 0.717) is 5.69 Å². The van der Waals surface area contributed by atoms with Crippen molar-refractivity contribution in [1.29, 1.82) is 0 Å². The van der Waals surface area contributed by atoms with Crippen molar-refractivity contribution in [3.05, 3.63) is 88.5 Å². The molecule has 0 heterocycles. The molecule has 0 aliphatic carbocycles. The van der Waals surface area contributed by atoms with Crippen LogP contribution in [-0.4, -0.2) is 17.4 Å². The molecule has 3 rings (SSSR count). The van der Waals surface area contributed by atoms with Crippen LogP contribution in [-0.2, 0) is 4.79 Å². The summed E-state index contributed by atoms with van der Waals surface area (Å²) in [6.07, 6.45) is 0. The van der Waals surface area contributed by atoms with Gasteiger partial charge in [-0.25, -0.2) is 0 Å². The number of nitrogens with zero attached hydrogens (tertiary/aromatic N) is 1. The van der Waals surface area contributed by atoms with E-state index >= 15 is 0 Å². The molecule has 3 aromatic rings. The summed E-state index contributed by atoms with van der Waals surface area (Å²) in [6, 6.07) is 21.9. The van der Waals surface area contributed by atoms with Crippen molar-refractivity contribution in [2.75, 3.05) is 11.9 Å². The number of hydrogen-bond acceptors (Lipinski definition) is 4. The monoisotopic (exact) mass is 362 g/mol. The molecular formula is C21H18N2O4. The summed E-state index contributed by atoms with van der Waals surface area (Å²) in [4.78, 5) is 22.6. The normalized spacial score (nSPS) is 10.3. The maximum Gasteiger partial charge on any atom is 0.310 e. The zero-order chi connectivity index (χ0) is 19.2. The first-order valence-electron chi connectivity index (χ1n) is 8.36. The van der Waals surface area contributed by atoms with Crippen molar-refractivity contribution in [3.8, 4) is 16.9 Å². The largest absolute Gasteiger partial charge is 0.477 e. The summed E-state index contributed by atoms with van der Waals surface area (Å²) in [5, 5.41) is 13.8. The summed E-state index contributed by atoms with van der Waals surface area (Å²) in [5.41, 5.74) is 3.40. The van der Waals surface area contributed by atoms with E-state index in [2.05, 4.69) is 5.32 Å². The number of nitro groups is 1. The van der Waals surface area contributed by atoms with Crippen molar-refractivity contribution < 1.29 is 14.5 Å². The lowest BCUT2D eigenvalue weighted by Gasteiger charge is -2.09. The maximum absolute atomic E-state index is 12.1. The minimum atomic E-state index is -0.533. The molecule has 0 unspecified atom stereocenters. The van der Waals surface area contributed by atoms with Gasteiger partial charge in [-0.3, -0.25) is 14.9 Å². The van der Waals surface area contributed by atoms with Crippen LogP contribution in [0.2, 0.25) is 0 Å². The third-order valence-electron chi connectivity index (χ3n) is 3.95. The predicted octanol–water partition coefficient (Wildman–Crippen LogP) is 4.59. The summed E-state index contributed by atoms with van der Waals surface area (Å²) in [5.74, 6) is -0.312. The Morgan fingerprint density at radius 3 is 2.33 bits per heavy atom. The van der Waals surface area contributed by atoms with Gasteiger partial charge in [0.1, 0.15) is 0 Å². The van der Waals surface area contributed by atoms with Gasteiger partial charge in [-0.15, -0.1) is 0 Å². The number of anilines is 1. The lowest BCUT2D eigenvalue weighted by Crippen LogP contribution is -2.20. The molecule has 6 nitrogen and oxygen atoms in total. The van der Waals surface area contributed by atoms with E-state index in [1.54, 1.807) is 31.2 Å². The van der Waals surface area contributed by atoms with Crippen molar-refractivity contribution >= 4 is 17.3 Å². The molecule has 1 N–H and O–H groups in total. The van der Waals surface area contributed by atoms with Gasteiger partial charge in [0.25, 0.3) is 5.91 Å². The fraction of sp³-hybridized carbons (Fsp3) is 0.0952. The highest BCUT2D eigenvalue weighted by Gasteiger charge is 2.16. The Morgan fingerprint density at radius 1 is 1.00 bits per heavy atom. The van der Waals surface area contributed by atoms with Crippen LogP contribution in [0.25, 0.3) is 11.1 Å².